The molecule has 2 aromatic carbocycles. The van der Waals surface area contributed by atoms with Crippen molar-refractivity contribution < 1.29 is 0 Å². The summed E-state index contributed by atoms with van der Waals surface area (Å²) in [6, 6.07) is 15.3. The van der Waals surface area contributed by atoms with Crippen LogP contribution in [0, 0.1) is 18.3 Å². The van der Waals surface area contributed by atoms with Crippen molar-refractivity contribution in [1.29, 1.82) is 0 Å². The highest BCUT2D eigenvalue weighted by atomic mass is 14.2. The van der Waals surface area contributed by atoms with Crippen LogP contribution in [0.25, 0.3) is 0 Å². The van der Waals surface area contributed by atoms with Crippen LogP contribution in [0.4, 0.5) is 0 Å². The van der Waals surface area contributed by atoms with Gasteiger partial charge < -0.3 is 0 Å². The van der Waals surface area contributed by atoms with E-state index in [4.69, 9.17) is 0 Å². The molecule has 0 heterocycles. The van der Waals surface area contributed by atoms with Gasteiger partial charge in [-0.15, -0.1) is 0 Å². The van der Waals surface area contributed by atoms with E-state index in [2.05, 4.69) is 96.2 Å². The minimum absolute atomic E-state index is 0.305. The fourth-order valence-electron chi connectivity index (χ4n) is 9.20. The average Bonchev–Trinajstić information content (AvgIpc) is 3.26. The second-order valence-electron chi connectivity index (χ2n) is 19.1. The molecule has 0 bridgehead atoms. The Hall–Kier alpha value is -2.00. The molecular formula is C60H101. The summed E-state index contributed by atoms with van der Waals surface area (Å²) in [7, 11) is 0. The Morgan fingerprint density at radius 1 is 0.333 bits per heavy atom. The van der Waals surface area contributed by atoms with Gasteiger partial charge in [0.05, 0.1) is 0 Å². The largest absolute Gasteiger partial charge is 0.0945 e. The molecule has 2 rings (SSSR count). The summed E-state index contributed by atoms with van der Waals surface area (Å²) in [6.45, 7) is 13.9. The van der Waals surface area contributed by atoms with Gasteiger partial charge in [-0.05, 0) is 110 Å². The molecule has 341 valence electrons. The average molecular weight is 822 g/mol. The molecule has 0 nitrogen and oxygen atoms in total. The highest BCUT2D eigenvalue weighted by molar-refractivity contribution is 5.40. The van der Waals surface area contributed by atoms with E-state index in [0.717, 1.165) is 19.3 Å². The van der Waals surface area contributed by atoms with E-state index >= 15 is 0 Å². The number of unbranched alkanes of at least 4 members (excludes halogenated alkanes) is 26. The summed E-state index contributed by atoms with van der Waals surface area (Å²) in [4.78, 5) is 0. The van der Waals surface area contributed by atoms with Crippen LogP contribution in [-0.4, -0.2) is 0 Å². The lowest BCUT2D eigenvalue weighted by Crippen LogP contribution is -2.04. The van der Waals surface area contributed by atoms with Crippen LogP contribution >= 0.6 is 0 Å². The molecular weight excluding hydrogens is 721 g/mol. The molecule has 2 unspecified atom stereocenters. The molecule has 0 aliphatic rings. The van der Waals surface area contributed by atoms with E-state index in [9.17, 15) is 0 Å². The number of rotatable bonds is 40. The second-order valence-corrected chi connectivity index (χ2v) is 19.1. The zero-order valence-electron chi connectivity index (χ0n) is 41.4. The topological polar surface area (TPSA) is 0 Å². The SMILES string of the molecule is CC[CH]CCC(C#CC(CCCCCCCCCCCCCCCCCCCCCCC)c1cc(CCCC)cc(CCCC)c1)c1cc(CCCC)cc(CCCC)c1. The van der Waals surface area contributed by atoms with E-state index < -0.39 is 0 Å². The van der Waals surface area contributed by atoms with Crippen LogP contribution in [0.3, 0.4) is 0 Å². The van der Waals surface area contributed by atoms with Crippen LogP contribution in [-0.2, 0) is 25.7 Å². The number of hydrogen-bond acceptors (Lipinski definition) is 0. The zero-order chi connectivity index (χ0) is 43.1. The monoisotopic (exact) mass is 822 g/mol. The fourth-order valence-corrected chi connectivity index (χ4v) is 9.20. The first-order valence-electron chi connectivity index (χ1n) is 27.2. The summed E-state index contributed by atoms with van der Waals surface area (Å²) in [5.74, 6) is 8.71. The van der Waals surface area contributed by atoms with Gasteiger partial charge in [-0.2, -0.15) is 0 Å². The van der Waals surface area contributed by atoms with Gasteiger partial charge >= 0.3 is 0 Å². The third kappa shape index (κ3) is 27.1. The highest BCUT2D eigenvalue weighted by Gasteiger charge is 2.15. The van der Waals surface area contributed by atoms with Gasteiger partial charge in [-0.1, -0.05) is 257 Å². The minimum Gasteiger partial charge on any atom is -0.0945 e. The molecule has 2 atom stereocenters. The quantitative estimate of drug-likeness (QED) is 0.0464. The summed E-state index contributed by atoms with van der Waals surface area (Å²) in [6.07, 6.45) is 52.1. The van der Waals surface area contributed by atoms with E-state index in [1.54, 1.807) is 11.1 Å². The predicted octanol–water partition coefficient (Wildman–Crippen LogP) is 19.9. The first-order valence-corrected chi connectivity index (χ1v) is 27.2. The first-order chi connectivity index (χ1) is 29.6. The molecule has 0 aliphatic heterocycles. The van der Waals surface area contributed by atoms with E-state index in [1.165, 1.54) is 241 Å². The Morgan fingerprint density at radius 3 is 0.917 bits per heavy atom. The van der Waals surface area contributed by atoms with Gasteiger partial charge in [-0.25, -0.2) is 0 Å². The summed E-state index contributed by atoms with van der Waals surface area (Å²) < 4.78 is 0. The van der Waals surface area contributed by atoms with Gasteiger partial charge in [0.1, 0.15) is 0 Å². The molecule has 2 aromatic rings. The normalized spacial score (nSPS) is 12.4. The number of hydrogen-bond donors (Lipinski definition) is 0. The lowest BCUT2D eigenvalue weighted by Gasteiger charge is -2.18. The van der Waals surface area contributed by atoms with E-state index in [-0.39, 0.29) is 0 Å². The Morgan fingerprint density at radius 2 is 0.617 bits per heavy atom. The van der Waals surface area contributed by atoms with E-state index in [1.807, 2.05) is 0 Å². The lowest BCUT2D eigenvalue weighted by atomic mass is 9.86. The van der Waals surface area contributed by atoms with E-state index in [0.29, 0.717) is 11.8 Å². The van der Waals surface area contributed by atoms with Gasteiger partial charge in [0.15, 0.2) is 0 Å². The first kappa shape index (κ1) is 54.1. The highest BCUT2D eigenvalue weighted by Crippen LogP contribution is 2.30. The van der Waals surface area contributed by atoms with Crippen LogP contribution in [0.2, 0.25) is 0 Å². The Balaban J connectivity index is 2.01. The molecule has 0 aliphatic carbocycles. The summed E-state index contributed by atoms with van der Waals surface area (Å²) in [5, 5.41) is 0. The van der Waals surface area contributed by atoms with Crippen LogP contribution in [0.5, 0.6) is 0 Å². The smallest absolute Gasteiger partial charge is 0.0452 e. The molecule has 0 fully saturated rings. The number of aryl methyl sites for hydroxylation is 4. The molecule has 0 spiro atoms. The fraction of sp³-hybridized carbons (Fsp3) is 0.750. The third-order valence-corrected chi connectivity index (χ3v) is 13.2. The molecule has 1 radical (unpaired) electrons. The Kier molecular flexibility index (Phi) is 34.9. The summed E-state index contributed by atoms with van der Waals surface area (Å²) in [5.41, 5.74) is 9.15. The van der Waals surface area contributed by atoms with Crippen molar-refractivity contribution in [2.75, 3.05) is 0 Å². The standard InChI is InChI=1S/C60H101/c1-7-13-19-20-21-22-23-24-25-26-27-28-29-30-31-32-33-34-35-36-38-44-58(60-51-55(41-17-11-5)48-56(52-60)42-18-12-6)46-45-57(43-37-14-8-2)59-49-53(39-15-9-3)47-54(50-59)40-16-10-4/h14,47-52,57-58H,7-13,15-44H2,1-6H3. The summed E-state index contributed by atoms with van der Waals surface area (Å²) >= 11 is 0. The van der Waals surface area contributed by atoms with Crippen molar-refractivity contribution >= 4 is 0 Å². The lowest BCUT2D eigenvalue weighted by molar-refractivity contribution is 0.518. The Labute approximate surface area is 377 Å². The zero-order valence-corrected chi connectivity index (χ0v) is 41.4. The molecule has 0 heteroatoms. The van der Waals surface area contributed by atoms with Crippen molar-refractivity contribution in [3.8, 4) is 11.8 Å². The molecule has 0 saturated carbocycles. The maximum atomic E-state index is 4.05. The molecule has 0 amide bonds. The molecule has 60 heavy (non-hydrogen) atoms. The number of benzene rings is 2. The third-order valence-electron chi connectivity index (χ3n) is 13.2. The van der Waals surface area contributed by atoms with Crippen molar-refractivity contribution in [3.05, 3.63) is 76.2 Å². The van der Waals surface area contributed by atoms with Crippen molar-refractivity contribution in [3.63, 3.8) is 0 Å². The van der Waals surface area contributed by atoms with Crippen LogP contribution in [0.1, 0.15) is 299 Å². The van der Waals surface area contributed by atoms with Gasteiger partial charge in [0.2, 0.25) is 0 Å². The molecule has 0 aromatic heterocycles. The second kappa shape index (κ2) is 38.7. The van der Waals surface area contributed by atoms with Gasteiger partial charge in [0, 0.05) is 11.8 Å². The van der Waals surface area contributed by atoms with Crippen LogP contribution < -0.4 is 0 Å². The molecule has 0 saturated heterocycles. The Bertz CT molecular complexity index is 1270. The van der Waals surface area contributed by atoms with Gasteiger partial charge in [0.25, 0.3) is 0 Å². The van der Waals surface area contributed by atoms with Crippen molar-refractivity contribution in [2.45, 2.75) is 291 Å². The molecule has 0 N–H and O–H groups in total. The maximum Gasteiger partial charge on any atom is 0.0452 e. The predicted molar refractivity (Wildman–Crippen MR) is 272 cm³/mol. The maximum absolute atomic E-state index is 4.05. The van der Waals surface area contributed by atoms with Gasteiger partial charge in [-0.3, -0.25) is 0 Å². The van der Waals surface area contributed by atoms with Crippen molar-refractivity contribution in [1.82, 2.24) is 0 Å². The minimum atomic E-state index is 0.305. The van der Waals surface area contributed by atoms with Crippen molar-refractivity contribution in [2.24, 2.45) is 0 Å². The van der Waals surface area contributed by atoms with Crippen LogP contribution in [0.15, 0.2) is 36.4 Å².